The minimum Gasteiger partial charge on any atom is -0.0910 e. The molecule has 80 valence electrons. The van der Waals surface area contributed by atoms with Crippen molar-refractivity contribution >= 4 is 0 Å². The molecule has 0 radical (unpaired) electrons. The van der Waals surface area contributed by atoms with Gasteiger partial charge in [-0.3, -0.25) is 0 Å². The molecular formula is C15H20. The molecule has 0 saturated heterocycles. The Balaban J connectivity index is 2.55. The van der Waals surface area contributed by atoms with E-state index in [1.165, 1.54) is 29.5 Å². The van der Waals surface area contributed by atoms with Crippen molar-refractivity contribution in [2.75, 3.05) is 0 Å². The van der Waals surface area contributed by atoms with Crippen molar-refractivity contribution in [3.8, 4) is 0 Å². The average Bonchev–Trinajstić information content (AvgIpc) is 2.59. The second-order valence-corrected chi connectivity index (χ2v) is 4.68. The van der Waals surface area contributed by atoms with E-state index in [4.69, 9.17) is 0 Å². The van der Waals surface area contributed by atoms with Crippen molar-refractivity contribution < 1.29 is 0 Å². The van der Waals surface area contributed by atoms with Crippen LogP contribution in [-0.2, 0) is 6.42 Å². The van der Waals surface area contributed by atoms with E-state index in [1.54, 1.807) is 11.1 Å². The Morgan fingerprint density at radius 3 is 2.60 bits per heavy atom. The van der Waals surface area contributed by atoms with Gasteiger partial charge in [0.25, 0.3) is 0 Å². The minimum atomic E-state index is 0.669. The van der Waals surface area contributed by atoms with Crippen molar-refractivity contribution in [2.45, 2.75) is 46.5 Å². The molecule has 0 N–H and O–H groups in total. The van der Waals surface area contributed by atoms with Crippen molar-refractivity contribution in [2.24, 2.45) is 0 Å². The van der Waals surface area contributed by atoms with E-state index in [1.807, 2.05) is 0 Å². The highest BCUT2D eigenvalue weighted by Gasteiger charge is 2.22. The van der Waals surface area contributed by atoms with E-state index >= 15 is 0 Å². The SMILES string of the molecule is C/C=C\C1CCc2c1cc(C)c(C)c2C. The van der Waals surface area contributed by atoms with Crippen LogP contribution in [0.25, 0.3) is 0 Å². The first-order chi connectivity index (χ1) is 7.15. The van der Waals surface area contributed by atoms with Gasteiger partial charge < -0.3 is 0 Å². The van der Waals surface area contributed by atoms with E-state index in [9.17, 15) is 0 Å². The third kappa shape index (κ3) is 1.62. The lowest BCUT2D eigenvalue weighted by molar-refractivity contribution is 0.812. The topological polar surface area (TPSA) is 0 Å². The first kappa shape index (κ1) is 10.5. The van der Waals surface area contributed by atoms with Gasteiger partial charge in [0.2, 0.25) is 0 Å². The molecular weight excluding hydrogens is 180 g/mol. The summed E-state index contributed by atoms with van der Waals surface area (Å²) in [5.41, 5.74) is 7.64. The van der Waals surface area contributed by atoms with Crippen LogP contribution in [0.4, 0.5) is 0 Å². The molecule has 0 saturated carbocycles. The average molecular weight is 200 g/mol. The maximum atomic E-state index is 2.40. The molecule has 1 aliphatic carbocycles. The second kappa shape index (κ2) is 3.84. The smallest absolute Gasteiger partial charge is 0.00239 e. The molecule has 1 aromatic rings. The van der Waals surface area contributed by atoms with Crippen LogP contribution in [0.2, 0.25) is 0 Å². The normalized spacial score (nSPS) is 19.9. The molecule has 1 aliphatic rings. The predicted octanol–water partition coefficient (Wildman–Crippen LogP) is 4.22. The van der Waals surface area contributed by atoms with Crippen molar-refractivity contribution in [3.63, 3.8) is 0 Å². The Morgan fingerprint density at radius 1 is 1.20 bits per heavy atom. The molecule has 1 unspecified atom stereocenters. The van der Waals surface area contributed by atoms with E-state index in [2.05, 4.69) is 45.9 Å². The lowest BCUT2D eigenvalue weighted by Gasteiger charge is -2.13. The quantitative estimate of drug-likeness (QED) is 0.595. The van der Waals surface area contributed by atoms with Crippen LogP contribution in [0.5, 0.6) is 0 Å². The van der Waals surface area contributed by atoms with E-state index in [0.717, 1.165) is 0 Å². The zero-order valence-electron chi connectivity index (χ0n) is 10.2. The summed E-state index contributed by atoms with van der Waals surface area (Å²) in [7, 11) is 0. The summed E-state index contributed by atoms with van der Waals surface area (Å²) in [6.45, 7) is 8.87. The fourth-order valence-corrected chi connectivity index (χ4v) is 2.72. The Morgan fingerprint density at radius 2 is 1.93 bits per heavy atom. The van der Waals surface area contributed by atoms with Crippen LogP contribution in [0.15, 0.2) is 18.2 Å². The summed E-state index contributed by atoms with van der Waals surface area (Å²) < 4.78 is 0. The molecule has 0 amide bonds. The number of benzene rings is 1. The van der Waals surface area contributed by atoms with Crippen LogP contribution in [0.1, 0.15) is 47.1 Å². The molecule has 0 fully saturated rings. The Kier molecular flexibility index (Phi) is 2.68. The second-order valence-electron chi connectivity index (χ2n) is 4.68. The van der Waals surface area contributed by atoms with Gasteiger partial charge in [0.05, 0.1) is 0 Å². The molecule has 1 aromatic carbocycles. The zero-order valence-corrected chi connectivity index (χ0v) is 10.2. The molecule has 0 heteroatoms. The zero-order chi connectivity index (χ0) is 11.0. The third-order valence-electron chi connectivity index (χ3n) is 3.86. The molecule has 15 heavy (non-hydrogen) atoms. The number of aryl methyl sites for hydroxylation is 1. The fourth-order valence-electron chi connectivity index (χ4n) is 2.72. The molecule has 0 spiro atoms. The molecule has 0 aliphatic heterocycles. The van der Waals surface area contributed by atoms with E-state index in [-0.39, 0.29) is 0 Å². The largest absolute Gasteiger partial charge is 0.0910 e. The summed E-state index contributed by atoms with van der Waals surface area (Å²) in [6, 6.07) is 2.40. The standard InChI is InChI=1S/C15H20/c1-5-6-13-7-8-14-12(4)11(3)10(2)9-15(13)14/h5-6,9,13H,7-8H2,1-4H3/b6-5-. The predicted molar refractivity (Wildman–Crippen MR) is 66.5 cm³/mol. The van der Waals surface area contributed by atoms with Gasteiger partial charge in [0.15, 0.2) is 0 Å². The third-order valence-corrected chi connectivity index (χ3v) is 3.86. The van der Waals surface area contributed by atoms with Gasteiger partial charge in [-0.25, -0.2) is 0 Å². The highest BCUT2D eigenvalue weighted by atomic mass is 14.3. The lowest BCUT2D eigenvalue weighted by atomic mass is 9.92. The van der Waals surface area contributed by atoms with E-state index < -0.39 is 0 Å². The molecule has 1 atom stereocenters. The number of allylic oxidation sites excluding steroid dienone is 2. The van der Waals surface area contributed by atoms with Crippen LogP contribution in [0.3, 0.4) is 0 Å². The van der Waals surface area contributed by atoms with E-state index in [0.29, 0.717) is 5.92 Å². The first-order valence-electron chi connectivity index (χ1n) is 5.87. The Bertz CT molecular complexity index is 411. The summed E-state index contributed by atoms with van der Waals surface area (Å²) in [6.07, 6.45) is 7.09. The van der Waals surface area contributed by atoms with Gasteiger partial charge in [-0.05, 0) is 68.4 Å². The van der Waals surface area contributed by atoms with Gasteiger partial charge in [-0.2, -0.15) is 0 Å². The minimum absolute atomic E-state index is 0.669. The Hall–Kier alpha value is -1.04. The Labute approximate surface area is 93.0 Å². The maximum Gasteiger partial charge on any atom is 0.00239 e. The molecule has 0 bridgehead atoms. The maximum absolute atomic E-state index is 2.40. The lowest BCUT2D eigenvalue weighted by Crippen LogP contribution is -1.96. The monoisotopic (exact) mass is 200 g/mol. The van der Waals surface area contributed by atoms with Crippen molar-refractivity contribution in [3.05, 3.63) is 46.0 Å². The van der Waals surface area contributed by atoms with Gasteiger partial charge in [0, 0.05) is 5.92 Å². The summed E-state index contributed by atoms with van der Waals surface area (Å²) in [5, 5.41) is 0. The first-order valence-corrected chi connectivity index (χ1v) is 5.87. The molecule has 2 rings (SSSR count). The molecule has 0 heterocycles. The number of hydrogen-bond donors (Lipinski definition) is 0. The van der Waals surface area contributed by atoms with Crippen molar-refractivity contribution in [1.82, 2.24) is 0 Å². The van der Waals surface area contributed by atoms with Gasteiger partial charge in [-0.15, -0.1) is 0 Å². The van der Waals surface area contributed by atoms with Gasteiger partial charge in [0.1, 0.15) is 0 Å². The van der Waals surface area contributed by atoms with Crippen molar-refractivity contribution in [1.29, 1.82) is 0 Å². The highest BCUT2D eigenvalue weighted by molar-refractivity contribution is 5.49. The van der Waals surface area contributed by atoms with Gasteiger partial charge >= 0.3 is 0 Å². The summed E-state index contributed by atoms with van der Waals surface area (Å²) >= 11 is 0. The highest BCUT2D eigenvalue weighted by Crippen LogP contribution is 2.38. The van der Waals surface area contributed by atoms with Crippen LogP contribution < -0.4 is 0 Å². The van der Waals surface area contributed by atoms with Gasteiger partial charge in [-0.1, -0.05) is 18.2 Å². The molecule has 0 nitrogen and oxygen atoms in total. The number of fused-ring (bicyclic) bond motifs is 1. The van der Waals surface area contributed by atoms with Crippen LogP contribution >= 0.6 is 0 Å². The number of hydrogen-bond acceptors (Lipinski definition) is 0. The van der Waals surface area contributed by atoms with Crippen LogP contribution in [0, 0.1) is 20.8 Å². The van der Waals surface area contributed by atoms with Crippen LogP contribution in [-0.4, -0.2) is 0 Å². The fraction of sp³-hybridized carbons (Fsp3) is 0.467. The number of rotatable bonds is 1. The molecule has 0 aromatic heterocycles. The summed E-state index contributed by atoms with van der Waals surface area (Å²) in [4.78, 5) is 0. The summed E-state index contributed by atoms with van der Waals surface area (Å²) in [5.74, 6) is 0.669.